The number of amides is 2. The minimum atomic E-state index is -0.225. The Labute approximate surface area is 145 Å². The number of benzene rings is 2. The number of ether oxygens (including phenoxy) is 1. The summed E-state index contributed by atoms with van der Waals surface area (Å²) in [5.74, 6) is 0.172. The SMILES string of the molecule is CC(=O)c1cccc(NC(=O)CCN2C(=O)COc3ccccc32)c1. The Morgan fingerprint density at radius 3 is 2.76 bits per heavy atom. The van der Waals surface area contributed by atoms with Crippen LogP contribution in [0.3, 0.4) is 0 Å². The molecule has 0 aliphatic carbocycles. The predicted molar refractivity (Wildman–Crippen MR) is 94.0 cm³/mol. The normalized spacial score (nSPS) is 13.0. The molecule has 2 aromatic carbocycles. The first-order valence-corrected chi connectivity index (χ1v) is 7.97. The van der Waals surface area contributed by atoms with Crippen LogP contribution >= 0.6 is 0 Å². The standard InChI is InChI=1S/C19H18N2O4/c1-13(22)14-5-4-6-15(11-14)20-18(23)9-10-21-16-7-2-3-8-17(16)25-12-19(21)24/h2-8,11H,9-10,12H2,1H3,(H,20,23). The lowest BCUT2D eigenvalue weighted by Gasteiger charge is -2.29. The molecule has 0 saturated heterocycles. The van der Waals surface area contributed by atoms with Gasteiger partial charge in [0.15, 0.2) is 12.4 Å². The van der Waals surface area contributed by atoms with Gasteiger partial charge in [-0.3, -0.25) is 14.4 Å². The molecule has 2 amide bonds. The summed E-state index contributed by atoms with van der Waals surface area (Å²) in [5, 5.41) is 2.76. The summed E-state index contributed by atoms with van der Waals surface area (Å²) in [5.41, 5.74) is 1.77. The Morgan fingerprint density at radius 1 is 1.16 bits per heavy atom. The van der Waals surface area contributed by atoms with Crippen molar-refractivity contribution in [2.24, 2.45) is 0 Å². The number of carbonyl (C=O) groups excluding carboxylic acids is 3. The third-order valence-corrected chi connectivity index (χ3v) is 3.92. The molecule has 1 aliphatic rings. The van der Waals surface area contributed by atoms with Crippen LogP contribution in [-0.2, 0) is 9.59 Å². The van der Waals surface area contributed by atoms with E-state index in [-0.39, 0.29) is 37.2 Å². The molecule has 1 N–H and O–H groups in total. The minimum Gasteiger partial charge on any atom is -0.482 e. The zero-order valence-electron chi connectivity index (χ0n) is 13.8. The topological polar surface area (TPSA) is 75.7 Å². The van der Waals surface area contributed by atoms with E-state index in [9.17, 15) is 14.4 Å². The van der Waals surface area contributed by atoms with E-state index in [4.69, 9.17) is 4.74 Å². The first-order valence-electron chi connectivity index (χ1n) is 7.97. The second-order valence-electron chi connectivity index (χ2n) is 5.74. The molecule has 0 radical (unpaired) electrons. The quantitative estimate of drug-likeness (QED) is 0.851. The highest BCUT2D eigenvalue weighted by molar-refractivity contribution is 6.00. The van der Waals surface area contributed by atoms with Crippen molar-refractivity contribution in [2.75, 3.05) is 23.4 Å². The van der Waals surface area contributed by atoms with Crippen LogP contribution < -0.4 is 15.0 Å². The van der Waals surface area contributed by atoms with Gasteiger partial charge in [0.05, 0.1) is 5.69 Å². The molecule has 6 heteroatoms. The molecule has 1 heterocycles. The fraction of sp³-hybridized carbons (Fsp3) is 0.211. The molecule has 0 atom stereocenters. The molecule has 0 unspecified atom stereocenters. The van der Waals surface area contributed by atoms with Gasteiger partial charge in [-0.15, -0.1) is 0 Å². The Balaban J connectivity index is 1.64. The van der Waals surface area contributed by atoms with Crippen molar-refractivity contribution in [3.8, 4) is 5.75 Å². The van der Waals surface area contributed by atoms with E-state index in [0.717, 1.165) is 0 Å². The highest BCUT2D eigenvalue weighted by Gasteiger charge is 2.25. The minimum absolute atomic E-state index is 0.0285. The van der Waals surface area contributed by atoms with Crippen LogP contribution in [0.1, 0.15) is 23.7 Å². The molecule has 25 heavy (non-hydrogen) atoms. The van der Waals surface area contributed by atoms with Crippen LogP contribution in [0.15, 0.2) is 48.5 Å². The summed E-state index contributed by atoms with van der Waals surface area (Å²) in [4.78, 5) is 37.2. The molecule has 0 fully saturated rings. The van der Waals surface area contributed by atoms with Crippen molar-refractivity contribution in [3.05, 3.63) is 54.1 Å². The van der Waals surface area contributed by atoms with Crippen molar-refractivity contribution < 1.29 is 19.1 Å². The molecular formula is C19H18N2O4. The zero-order valence-corrected chi connectivity index (χ0v) is 13.8. The van der Waals surface area contributed by atoms with Gasteiger partial charge < -0.3 is 15.0 Å². The number of rotatable bonds is 5. The molecule has 0 spiro atoms. The number of hydrogen-bond donors (Lipinski definition) is 1. The van der Waals surface area contributed by atoms with Crippen LogP contribution in [0.5, 0.6) is 5.75 Å². The number of para-hydroxylation sites is 2. The Kier molecular flexibility index (Phi) is 4.79. The van der Waals surface area contributed by atoms with Gasteiger partial charge in [-0.1, -0.05) is 24.3 Å². The second-order valence-corrected chi connectivity index (χ2v) is 5.74. The zero-order chi connectivity index (χ0) is 17.8. The molecule has 0 bridgehead atoms. The monoisotopic (exact) mass is 338 g/mol. The maximum atomic E-state index is 12.2. The van der Waals surface area contributed by atoms with E-state index in [1.165, 1.54) is 6.92 Å². The number of carbonyl (C=O) groups is 3. The van der Waals surface area contributed by atoms with Crippen molar-refractivity contribution >= 4 is 29.0 Å². The molecule has 0 aromatic heterocycles. The number of hydrogen-bond acceptors (Lipinski definition) is 4. The first-order chi connectivity index (χ1) is 12.0. The summed E-state index contributed by atoms with van der Waals surface area (Å²) in [6.45, 7) is 1.71. The molecule has 6 nitrogen and oxygen atoms in total. The Bertz CT molecular complexity index is 832. The van der Waals surface area contributed by atoms with Gasteiger partial charge in [0.2, 0.25) is 5.91 Å². The lowest BCUT2D eigenvalue weighted by molar-refractivity contribution is -0.121. The lowest BCUT2D eigenvalue weighted by Crippen LogP contribution is -2.40. The van der Waals surface area contributed by atoms with Crippen LogP contribution in [0.25, 0.3) is 0 Å². The van der Waals surface area contributed by atoms with E-state index in [1.807, 2.05) is 12.1 Å². The Hall–Kier alpha value is -3.15. The smallest absolute Gasteiger partial charge is 0.265 e. The lowest BCUT2D eigenvalue weighted by atomic mass is 10.1. The first kappa shape index (κ1) is 16.7. The van der Waals surface area contributed by atoms with E-state index in [1.54, 1.807) is 41.3 Å². The maximum Gasteiger partial charge on any atom is 0.265 e. The summed E-state index contributed by atoms with van der Waals surface area (Å²) >= 11 is 0. The van der Waals surface area contributed by atoms with Crippen LogP contribution in [-0.4, -0.2) is 30.7 Å². The van der Waals surface area contributed by atoms with Gasteiger partial charge in [-0.25, -0.2) is 0 Å². The number of Topliss-reactive ketones (excluding diaryl/α,β-unsaturated/α-hetero) is 1. The average molecular weight is 338 g/mol. The fourth-order valence-electron chi connectivity index (χ4n) is 2.65. The number of anilines is 2. The molecule has 2 aromatic rings. The van der Waals surface area contributed by atoms with E-state index >= 15 is 0 Å². The number of nitrogens with one attached hydrogen (secondary N) is 1. The maximum absolute atomic E-state index is 12.2. The van der Waals surface area contributed by atoms with Crippen molar-refractivity contribution in [1.29, 1.82) is 0 Å². The largest absolute Gasteiger partial charge is 0.482 e. The van der Waals surface area contributed by atoms with Gasteiger partial charge >= 0.3 is 0 Å². The molecule has 3 rings (SSSR count). The molecule has 0 saturated carbocycles. The highest BCUT2D eigenvalue weighted by Crippen LogP contribution is 2.31. The predicted octanol–water partition coefficient (Wildman–Crippen LogP) is 2.64. The number of nitrogens with zero attached hydrogens (tertiary/aromatic N) is 1. The fourth-order valence-corrected chi connectivity index (χ4v) is 2.65. The second kappa shape index (κ2) is 7.17. The highest BCUT2D eigenvalue weighted by atomic mass is 16.5. The van der Waals surface area contributed by atoms with Gasteiger partial charge in [-0.2, -0.15) is 0 Å². The van der Waals surface area contributed by atoms with Crippen molar-refractivity contribution in [2.45, 2.75) is 13.3 Å². The third-order valence-electron chi connectivity index (χ3n) is 3.92. The molecule has 1 aliphatic heterocycles. The summed E-state index contributed by atoms with van der Waals surface area (Å²) in [6, 6.07) is 14.0. The van der Waals surface area contributed by atoms with E-state index < -0.39 is 0 Å². The van der Waals surface area contributed by atoms with Gasteiger partial charge in [0.1, 0.15) is 5.75 Å². The van der Waals surface area contributed by atoms with Gasteiger partial charge in [0, 0.05) is 24.2 Å². The average Bonchev–Trinajstić information content (AvgIpc) is 2.61. The summed E-state index contributed by atoms with van der Waals surface area (Å²) < 4.78 is 5.38. The van der Waals surface area contributed by atoms with E-state index in [0.29, 0.717) is 22.7 Å². The van der Waals surface area contributed by atoms with E-state index in [2.05, 4.69) is 5.32 Å². The van der Waals surface area contributed by atoms with Crippen LogP contribution in [0, 0.1) is 0 Å². The van der Waals surface area contributed by atoms with Crippen molar-refractivity contribution in [1.82, 2.24) is 0 Å². The molecular weight excluding hydrogens is 320 g/mol. The number of fused-ring (bicyclic) bond motifs is 1. The van der Waals surface area contributed by atoms with Gasteiger partial charge in [0.25, 0.3) is 5.91 Å². The van der Waals surface area contributed by atoms with Crippen LogP contribution in [0.4, 0.5) is 11.4 Å². The van der Waals surface area contributed by atoms with Crippen molar-refractivity contribution in [3.63, 3.8) is 0 Å². The van der Waals surface area contributed by atoms with Gasteiger partial charge in [-0.05, 0) is 31.2 Å². The number of ketones is 1. The summed E-state index contributed by atoms with van der Waals surface area (Å²) in [7, 11) is 0. The van der Waals surface area contributed by atoms with Crippen LogP contribution in [0.2, 0.25) is 0 Å². The molecule has 128 valence electrons. The Morgan fingerprint density at radius 2 is 1.96 bits per heavy atom. The summed E-state index contributed by atoms with van der Waals surface area (Å²) in [6.07, 6.45) is 0.143. The third kappa shape index (κ3) is 3.85.